The van der Waals surface area contributed by atoms with E-state index in [-0.39, 0.29) is 0 Å². The first-order valence-corrected chi connectivity index (χ1v) is 6.80. The number of fused-ring (bicyclic) bond motifs is 3. The zero-order chi connectivity index (χ0) is 14.4. The highest BCUT2D eigenvalue weighted by molar-refractivity contribution is 6.33. The van der Waals surface area contributed by atoms with Crippen LogP contribution in [-0.2, 0) is 4.79 Å². The maximum absolute atomic E-state index is 11.1. The van der Waals surface area contributed by atoms with E-state index in [9.17, 15) is 4.79 Å². The van der Waals surface area contributed by atoms with Crippen LogP contribution in [0.25, 0.3) is 21.8 Å². The molecular weight excluding hydrogens is 274 g/mol. The van der Waals surface area contributed by atoms with Gasteiger partial charge in [-0.3, -0.25) is 4.79 Å². The molecule has 0 aliphatic carbocycles. The molecule has 0 amide bonds. The highest BCUT2D eigenvalue weighted by atomic mass is 35.5. The van der Waals surface area contributed by atoms with Gasteiger partial charge in [-0.25, -0.2) is 0 Å². The lowest BCUT2D eigenvalue weighted by Crippen LogP contribution is -2.06. The first-order valence-electron chi connectivity index (χ1n) is 6.42. The molecule has 0 aliphatic rings. The molecule has 2 N–H and O–H groups in total. The molecule has 0 fully saturated rings. The Balaban J connectivity index is 2.30. The third-order valence-electron chi connectivity index (χ3n) is 3.85. The first kappa shape index (κ1) is 13.0. The molecule has 0 spiro atoms. The van der Waals surface area contributed by atoms with Gasteiger partial charge in [0.15, 0.2) is 0 Å². The Bertz CT molecular complexity index is 835. The zero-order valence-electron chi connectivity index (χ0n) is 11.2. The SMILES string of the molecule is Cc1c(Cl)ccc2[nH]c3cc([C@H](C)C(=O)O)ccc3c12. The maximum Gasteiger partial charge on any atom is 0.310 e. The Morgan fingerprint density at radius 1 is 1.25 bits per heavy atom. The van der Waals surface area contributed by atoms with Crippen molar-refractivity contribution in [3.8, 4) is 0 Å². The topological polar surface area (TPSA) is 53.1 Å². The van der Waals surface area contributed by atoms with E-state index < -0.39 is 11.9 Å². The lowest BCUT2D eigenvalue weighted by Gasteiger charge is -2.06. The molecule has 2 aromatic carbocycles. The van der Waals surface area contributed by atoms with Crippen molar-refractivity contribution in [2.24, 2.45) is 0 Å². The summed E-state index contributed by atoms with van der Waals surface area (Å²) in [4.78, 5) is 14.4. The summed E-state index contributed by atoms with van der Waals surface area (Å²) in [5.41, 5.74) is 3.78. The second kappa shape index (κ2) is 4.53. The number of carboxylic acid groups (broad SMARTS) is 1. The third kappa shape index (κ3) is 1.86. The van der Waals surface area contributed by atoms with Gasteiger partial charge in [-0.05, 0) is 43.2 Å². The summed E-state index contributed by atoms with van der Waals surface area (Å²) < 4.78 is 0. The van der Waals surface area contributed by atoms with Crippen LogP contribution in [-0.4, -0.2) is 16.1 Å². The number of hydrogen-bond donors (Lipinski definition) is 2. The van der Waals surface area contributed by atoms with E-state index >= 15 is 0 Å². The van der Waals surface area contributed by atoms with E-state index in [0.29, 0.717) is 0 Å². The molecule has 1 atom stereocenters. The van der Waals surface area contributed by atoms with Crippen LogP contribution in [0.3, 0.4) is 0 Å². The molecule has 0 unspecified atom stereocenters. The molecule has 1 heterocycles. The van der Waals surface area contributed by atoms with Gasteiger partial charge in [0, 0.05) is 26.8 Å². The number of nitrogens with one attached hydrogen (secondary N) is 1. The van der Waals surface area contributed by atoms with Gasteiger partial charge in [-0.15, -0.1) is 0 Å². The lowest BCUT2D eigenvalue weighted by molar-refractivity contribution is -0.138. The number of rotatable bonds is 2. The molecule has 0 bridgehead atoms. The third-order valence-corrected chi connectivity index (χ3v) is 4.26. The molecule has 20 heavy (non-hydrogen) atoms. The molecule has 3 rings (SSSR count). The number of carbonyl (C=O) groups is 1. The molecule has 4 heteroatoms. The van der Waals surface area contributed by atoms with Crippen LogP contribution in [0.2, 0.25) is 5.02 Å². The van der Waals surface area contributed by atoms with Crippen molar-refractivity contribution in [3.05, 3.63) is 46.5 Å². The van der Waals surface area contributed by atoms with Crippen LogP contribution in [0.15, 0.2) is 30.3 Å². The number of aromatic nitrogens is 1. The summed E-state index contributed by atoms with van der Waals surface area (Å²) in [5.74, 6) is -1.34. The van der Waals surface area contributed by atoms with Crippen molar-refractivity contribution < 1.29 is 9.90 Å². The average molecular weight is 288 g/mol. The van der Waals surface area contributed by atoms with E-state index in [4.69, 9.17) is 16.7 Å². The van der Waals surface area contributed by atoms with Crippen molar-refractivity contribution in [1.82, 2.24) is 4.98 Å². The molecule has 3 nitrogen and oxygen atoms in total. The first-order chi connectivity index (χ1) is 9.49. The van der Waals surface area contributed by atoms with Gasteiger partial charge in [-0.2, -0.15) is 0 Å². The van der Waals surface area contributed by atoms with E-state index in [2.05, 4.69) is 4.98 Å². The van der Waals surface area contributed by atoms with Gasteiger partial charge in [0.25, 0.3) is 0 Å². The van der Waals surface area contributed by atoms with Crippen molar-refractivity contribution in [2.75, 3.05) is 0 Å². The van der Waals surface area contributed by atoms with Gasteiger partial charge >= 0.3 is 5.97 Å². The number of aliphatic carboxylic acids is 1. The summed E-state index contributed by atoms with van der Waals surface area (Å²) >= 11 is 6.18. The fraction of sp³-hybridized carbons (Fsp3) is 0.188. The Labute approximate surface area is 121 Å². The minimum Gasteiger partial charge on any atom is -0.481 e. The van der Waals surface area contributed by atoms with Gasteiger partial charge in [0.2, 0.25) is 0 Å². The second-order valence-corrected chi connectivity index (χ2v) is 5.49. The Morgan fingerprint density at radius 2 is 2.00 bits per heavy atom. The standard InChI is InChI=1S/C16H14ClNO2/c1-8(16(19)20)10-3-4-11-14(7-10)18-13-6-5-12(17)9(2)15(11)13/h3-8,18H,1-2H3,(H,19,20)/t8-/m0/s1. The average Bonchev–Trinajstić information content (AvgIpc) is 2.80. The van der Waals surface area contributed by atoms with Crippen LogP contribution in [0.1, 0.15) is 24.0 Å². The number of H-pyrrole nitrogens is 1. The molecule has 0 saturated heterocycles. The lowest BCUT2D eigenvalue weighted by atomic mass is 9.99. The molecule has 0 radical (unpaired) electrons. The fourth-order valence-electron chi connectivity index (χ4n) is 2.58. The van der Waals surface area contributed by atoms with Crippen LogP contribution in [0, 0.1) is 6.92 Å². The minimum atomic E-state index is -0.820. The van der Waals surface area contributed by atoms with Gasteiger partial charge < -0.3 is 10.1 Å². The molecule has 1 aromatic heterocycles. The largest absolute Gasteiger partial charge is 0.481 e. The quantitative estimate of drug-likeness (QED) is 0.730. The van der Waals surface area contributed by atoms with E-state index in [1.807, 2.05) is 37.3 Å². The summed E-state index contributed by atoms with van der Waals surface area (Å²) in [6, 6.07) is 9.56. The predicted octanol–water partition coefficient (Wildman–Crippen LogP) is 4.47. The number of hydrogen-bond acceptors (Lipinski definition) is 1. The van der Waals surface area contributed by atoms with E-state index in [0.717, 1.165) is 38.0 Å². The van der Waals surface area contributed by atoms with Crippen molar-refractivity contribution in [2.45, 2.75) is 19.8 Å². The molecule has 0 aliphatic heterocycles. The monoisotopic (exact) mass is 287 g/mol. The number of carboxylic acids is 1. The number of halogens is 1. The van der Waals surface area contributed by atoms with Crippen LogP contribution < -0.4 is 0 Å². The maximum atomic E-state index is 11.1. The Hall–Kier alpha value is -2.00. The van der Waals surface area contributed by atoms with E-state index in [1.165, 1.54) is 0 Å². The zero-order valence-corrected chi connectivity index (χ0v) is 12.0. The van der Waals surface area contributed by atoms with Gasteiger partial charge in [0.05, 0.1) is 5.92 Å². The summed E-state index contributed by atoms with van der Waals surface area (Å²) in [6.07, 6.45) is 0. The molecule has 3 aromatic rings. The number of aromatic amines is 1. The number of aryl methyl sites for hydroxylation is 1. The molecular formula is C16H14ClNO2. The highest BCUT2D eigenvalue weighted by Gasteiger charge is 2.15. The van der Waals surface area contributed by atoms with Gasteiger partial charge in [0.1, 0.15) is 0 Å². The van der Waals surface area contributed by atoms with Crippen LogP contribution in [0.4, 0.5) is 0 Å². The fourth-order valence-corrected chi connectivity index (χ4v) is 2.74. The van der Waals surface area contributed by atoms with E-state index in [1.54, 1.807) is 6.92 Å². The van der Waals surface area contributed by atoms with Crippen LogP contribution in [0.5, 0.6) is 0 Å². The summed E-state index contributed by atoms with van der Waals surface area (Å²) in [5, 5.41) is 12.0. The normalized spacial score (nSPS) is 12.9. The number of benzene rings is 2. The van der Waals surface area contributed by atoms with Crippen molar-refractivity contribution in [1.29, 1.82) is 0 Å². The predicted molar refractivity (Wildman–Crippen MR) is 81.6 cm³/mol. The minimum absolute atomic E-state index is 0.518. The second-order valence-electron chi connectivity index (χ2n) is 5.08. The van der Waals surface area contributed by atoms with Gasteiger partial charge in [-0.1, -0.05) is 23.7 Å². The Morgan fingerprint density at radius 3 is 2.70 bits per heavy atom. The smallest absolute Gasteiger partial charge is 0.310 e. The summed E-state index contributed by atoms with van der Waals surface area (Å²) in [7, 11) is 0. The summed E-state index contributed by atoms with van der Waals surface area (Å²) in [6.45, 7) is 3.68. The van der Waals surface area contributed by atoms with Crippen LogP contribution >= 0.6 is 11.6 Å². The van der Waals surface area contributed by atoms with Crippen molar-refractivity contribution >= 4 is 39.4 Å². The Kier molecular flexibility index (Phi) is 2.94. The molecule has 0 saturated carbocycles. The molecule has 102 valence electrons. The van der Waals surface area contributed by atoms with Crippen molar-refractivity contribution in [3.63, 3.8) is 0 Å². The highest BCUT2D eigenvalue weighted by Crippen LogP contribution is 2.33.